The highest BCUT2D eigenvalue weighted by molar-refractivity contribution is 5.68. The minimum Gasteiger partial charge on any atom is -0.394 e. The molecule has 5 heterocycles. The lowest BCUT2D eigenvalue weighted by Gasteiger charge is -2.41. The zero-order valence-corrected chi connectivity index (χ0v) is 18.3. The fourth-order valence-corrected chi connectivity index (χ4v) is 3.88. The van der Waals surface area contributed by atoms with Crippen molar-refractivity contribution in [2.75, 3.05) is 36.0 Å². The number of hydrogen-bond acceptors (Lipinski definition) is 8. The van der Waals surface area contributed by atoms with Crippen LogP contribution in [0.3, 0.4) is 0 Å². The van der Waals surface area contributed by atoms with E-state index in [1.807, 2.05) is 46.0 Å². The summed E-state index contributed by atoms with van der Waals surface area (Å²) in [6.07, 6.45) is 14.1. The molecular formula is C24H23FN8O. The first-order valence-corrected chi connectivity index (χ1v) is 10.9. The second-order valence-electron chi connectivity index (χ2n) is 7.85. The van der Waals surface area contributed by atoms with Gasteiger partial charge in [-0.3, -0.25) is 4.57 Å². The number of rotatable bonds is 6. The molecular weight excluding hydrogens is 435 g/mol. The van der Waals surface area contributed by atoms with Gasteiger partial charge in [0.2, 0.25) is 11.9 Å². The Kier molecular flexibility index (Phi) is 6.21. The highest BCUT2D eigenvalue weighted by Crippen LogP contribution is 2.22. The van der Waals surface area contributed by atoms with Gasteiger partial charge in [-0.25, -0.2) is 24.9 Å². The van der Waals surface area contributed by atoms with Crippen LogP contribution in [0, 0.1) is 5.95 Å². The number of nitrogens with zero attached hydrogens (tertiary/aromatic N) is 8. The predicted octanol–water partition coefficient (Wildman–Crippen LogP) is 2.45. The van der Waals surface area contributed by atoms with E-state index in [2.05, 4.69) is 29.8 Å². The van der Waals surface area contributed by atoms with Crippen LogP contribution in [-0.2, 0) is 0 Å². The molecule has 34 heavy (non-hydrogen) atoms. The summed E-state index contributed by atoms with van der Waals surface area (Å²) in [7, 11) is 0. The van der Waals surface area contributed by atoms with Crippen molar-refractivity contribution in [1.82, 2.24) is 29.5 Å². The number of aliphatic hydroxyl groups is 1. The molecule has 4 aromatic heterocycles. The van der Waals surface area contributed by atoms with E-state index < -0.39 is 5.95 Å². The maximum Gasteiger partial charge on any atom is 0.226 e. The number of aliphatic hydroxyl groups excluding tert-OH is 1. The van der Waals surface area contributed by atoms with Crippen LogP contribution in [0.5, 0.6) is 0 Å². The first-order valence-electron chi connectivity index (χ1n) is 10.9. The van der Waals surface area contributed by atoms with Gasteiger partial charge in [0.1, 0.15) is 12.1 Å². The summed E-state index contributed by atoms with van der Waals surface area (Å²) in [6, 6.07) is 8.58. The van der Waals surface area contributed by atoms with Gasteiger partial charge >= 0.3 is 0 Å². The molecule has 5 rings (SSSR count). The van der Waals surface area contributed by atoms with Gasteiger partial charge in [0.15, 0.2) is 0 Å². The minimum absolute atomic E-state index is 0.0521. The molecule has 0 amide bonds. The third kappa shape index (κ3) is 4.76. The number of piperazine rings is 1. The van der Waals surface area contributed by atoms with Gasteiger partial charge in [0, 0.05) is 44.4 Å². The zero-order valence-electron chi connectivity index (χ0n) is 18.3. The molecule has 0 radical (unpaired) electrons. The number of pyridine rings is 2. The third-order valence-electron chi connectivity index (χ3n) is 5.68. The molecule has 1 atom stereocenters. The van der Waals surface area contributed by atoms with Crippen molar-refractivity contribution in [2.45, 2.75) is 6.04 Å². The molecule has 0 saturated carbocycles. The van der Waals surface area contributed by atoms with E-state index in [1.54, 1.807) is 31.0 Å². The molecule has 1 aliphatic rings. The molecule has 1 fully saturated rings. The number of hydrogen-bond donors (Lipinski definition) is 1. The summed E-state index contributed by atoms with van der Waals surface area (Å²) < 4.78 is 15.0. The normalized spacial score (nSPS) is 16.4. The molecule has 172 valence electrons. The maximum absolute atomic E-state index is 13.2. The van der Waals surface area contributed by atoms with Gasteiger partial charge in [-0.05, 0) is 42.0 Å². The first-order chi connectivity index (χ1) is 16.7. The van der Waals surface area contributed by atoms with Crippen LogP contribution in [0.1, 0.15) is 11.3 Å². The molecule has 9 nitrogen and oxygen atoms in total. The summed E-state index contributed by atoms with van der Waals surface area (Å²) in [6.45, 7) is 1.81. The summed E-state index contributed by atoms with van der Waals surface area (Å²) in [5.41, 5.74) is 2.52. The first kappa shape index (κ1) is 21.7. The lowest BCUT2D eigenvalue weighted by molar-refractivity contribution is 0.252. The Bertz CT molecular complexity index is 1240. The van der Waals surface area contributed by atoms with Crippen molar-refractivity contribution < 1.29 is 9.50 Å². The SMILES string of the molecule is OC[C@H]1CN(c2ccc(F)nc2)CCN1c1nccc(/C=C/c2ccc(-n3ccnc3)nc2)n1. The second kappa shape index (κ2) is 9.75. The van der Waals surface area contributed by atoms with Crippen LogP contribution in [0.4, 0.5) is 16.0 Å². The second-order valence-corrected chi connectivity index (χ2v) is 7.85. The topological polar surface area (TPSA) is 96.1 Å². The van der Waals surface area contributed by atoms with Crippen LogP contribution < -0.4 is 9.80 Å². The largest absolute Gasteiger partial charge is 0.394 e. The van der Waals surface area contributed by atoms with Gasteiger partial charge in [0.05, 0.1) is 30.2 Å². The summed E-state index contributed by atoms with van der Waals surface area (Å²) in [4.78, 5) is 25.4. The number of halogens is 1. The average Bonchev–Trinajstić information content (AvgIpc) is 3.43. The van der Waals surface area contributed by atoms with Gasteiger partial charge in [0.25, 0.3) is 0 Å². The van der Waals surface area contributed by atoms with E-state index >= 15 is 0 Å². The Morgan fingerprint density at radius 1 is 1.00 bits per heavy atom. The van der Waals surface area contributed by atoms with E-state index in [0.29, 0.717) is 25.6 Å². The van der Waals surface area contributed by atoms with Crippen molar-refractivity contribution in [3.05, 3.63) is 84.8 Å². The van der Waals surface area contributed by atoms with Crippen molar-refractivity contribution in [3.63, 3.8) is 0 Å². The molecule has 0 spiro atoms. The van der Waals surface area contributed by atoms with Crippen LogP contribution in [0.2, 0.25) is 0 Å². The summed E-state index contributed by atoms with van der Waals surface area (Å²) in [5.74, 6) is 0.848. The quantitative estimate of drug-likeness (QED) is 0.440. The van der Waals surface area contributed by atoms with Crippen LogP contribution in [0.25, 0.3) is 18.0 Å². The Balaban J connectivity index is 1.28. The van der Waals surface area contributed by atoms with Crippen LogP contribution in [-0.4, -0.2) is 66.9 Å². The van der Waals surface area contributed by atoms with E-state index in [-0.39, 0.29) is 12.6 Å². The van der Waals surface area contributed by atoms with Gasteiger partial charge in [-0.1, -0.05) is 6.08 Å². The van der Waals surface area contributed by atoms with Crippen LogP contribution in [0.15, 0.2) is 67.6 Å². The summed E-state index contributed by atoms with van der Waals surface area (Å²) >= 11 is 0. The zero-order chi connectivity index (χ0) is 23.3. The molecule has 1 aliphatic heterocycles. The Morgan fingerprint density at radius 2 is 1.94 bits per heavy atom. The molecule has 0 unspecified atom stereocenters. The lowest BCUT2D eigenvalue weighted by atomic mass is 10.1. The fraction of sp³-hybridized carbons (Fsp3) is 0.208. The monoisotopic (exact) mass is 458 g/mol. The maximum atomic E-state index is 13.2. The Hall–Kier alpha value is -4.18. The van der Waals surface area contributed by atoms with Crippen molar-refractivity contribution in [2.24, 2.45) is 0 Å². The Labute approximate surface area is 195 Å². The van der Waals surface area contributed by atoms with Crippen molar-refractivity contribution >= 4 is 23.8 Å². The Morgan fingerprint density at radius 3 is 2.68 bits per heavy atom. The van der Waals surface area contributed by atoms with Gasteiger partial charge in [-0.15, -0.1) is 0 Å². The van der Waals surface area contributed by atoms with E-state index in [0.717, 1.165) is 22.8 Å². The van der Waals surface area contributed by atoms with E-state index in [4.69, 9.17) is 0 Å². The minimum atomic E-state index is -0.510. The molecule has 1 N–H and O–H groups in total. The fourth-order valence-electron chi connectivity index (χ4n) is 3.88. The smallest absolute Gasteiger partial charge is 0.226 e. The highest BCUT2D eigenvalue weighted by atomic mass is 19.1. The van der Waals surface area contributed by atoms with Crippen molar-refractivity contribution in [3.8, 4) is 5.82 Å². The lowest BCUT2D eigenvalue weighted by Crippen LogP contribution is -2.55. The standard InChI is InChI=1S/C24H23FN8O/c25-22-5-4-20(14-28-22)31-11-12-33(21(15-31)16-34)24-27-8-7-19(30-24)3-1-18-2-6-23(29-13-18)32-10-9-26-17-32/h1-10,13-14,17,21,34H,11-12,15-16H2/b3-1+/t21-/m1/s1. The molecule has 1 saturated heterocycles. The predicted molar refractivity (Wildman–Crippen MR) is 127 cm³/mol. The molecule has 0 aliphatic carbocycles. The third-order valence-corrected chi connectivity index (χ3v) is 5.68. The summed E-state index contributed by atoms with van der Waals surface area (Å²) in [5, 5.41) is 10.0. The van der Waals surface area contributed by atoms with E-state index in [9.17, 15) is 9.50 Å². The average molecular weight is 459 g/mol. The highest BCUT2D eigenvalue weighted by Gasteiger charge is 2.28. The van der Waals surface area contributed by atoms with Crippen LogP contribution >= 0.6 is 0 Å². The number of aromatic nitrogens is 6. The van der Waals surface area contributed by atoms with E-state index in [1.165, 1.54) is 12.3 Å². The van der Waals surface area contributed by atoms with Gasteiger partial charge in [-0.2, -0.15) is 4.39 Å². The van der Waals surface area contributed by atoms with Gasteiger partial charge < -0.3 is 14.9 Å². The number of imidazole rings is 1. The molecule has 0 aromatic carbocycles. The molecule has 0 bridgehead atoms. The molecule has 4 aromatic rings. The molecule has 10 heteroatoms. The number of anilines is 2. The van der Waals surface area contributed by atoms with Crippen molar-refractivity contribution in [1.29, 1.82) is 0 Å².